The quantitative estimate of drug-likeness (QED) is 0.102. The standard InChI is InChI=1S/C42H46N8O6/c1-43-40(53)56-35(30-13-7-4-8-14-30)38(52)50-24-9-15-33(50)37-44-26-32(48-37)28-19-16-27(17-20-28)18-21-31-25-45-39(47-31)42(22-10-23-46-42)36(51)34(49-41(54)55-2)29-11-5-3-6-12-29/h3-8,11-14,16-17,19-20,25-26,33-35,46H,9-10,15,18,21-24H2,1-2H3,(H,43,53)(H,44,48)(H,45,47)(H,49,54)/t33-,34+,35+,42+/m0/s1. The van der Waals surface area contributed by atoms with Gasteiger partial charge in [-0.2, -0.15) is 0 Å². The number of methoxy groups -OCH3 is 1. The van der Waals surface area contributed by atoms with Gasteiger partial charge in [0.2, 0.25) is 6.10 Å². The Balaban J connectivity index is 1.01. The lowest BCUT2D eigenvalue weighted by Crippen LogP contribution is -2.51. The number of aromatic nitrogens is 4. The van der Waals surface area contributed by atoms with Gasteiger partial charge in [0.05, 0.1) is 25.0 Å². The SMILES string of the molecule is CNC(=O)O[C@@H](C(=O)N1CCC[C@H]1c1ncc(-c2ccc(CCc3cnc([C@]4(C(=O)[C@H](NC(=O)OC)c5ccccc5)CCCN4)[nH]3)cc2)[nH]1)c1ccccc1. The molecule has 2 aliphatic rings. The maximum Gasteiger partial charge on any atom is 0.408 e. The van der Waals surface area contributed by atoms with Crippen LogP contribution in [0.1, 0.15) is 77.9 Å². The lowest BCUT2D eigenvalue weighted by Gasteiger charge is -2.30. The van der Waals surface area contributed by atoms with Crippen LogP contribution in [0.15, 0.2) is 97.3 Å². The first-order chi connectivity index (χ1) is 27.3. The van der Waals surface area contributed by atoms with E-state index in [1.54, 1.807) is 29.4 Å². The van der Waals surface area contributed by atoms with Crippen LogP contribution in [0.2, 0.25) is 0 Å². The maximum atomic E-state index is 14.3. The topological polar surface area (TPSA) is 183 Å². The highest BCUT2D eigenvalue weighted by molar-refractivity contribution is 5.96. The van der Waals surface area contributed by atoms with Crippen LogP contribution in [0.25, 0.3) is 11.3 Å². The molecule has 3 aromatic carbocycles. The van der Waals surface area contributed by atoms with Crippen LogP contribution in [0.3, 0.4) is 0 Å². The molecule has 3 amide bonds. The summed E-state index contributed by atoms with van der Waals surface area (Å²) in [4.78, 5) is 70.6. The summed E-state index contributed by atoms with van der Waals surface area (Å²) in [7, 11) is 2.74. The number of rotatable bonds is 13. The Bertz CT molecular complexity index is 2130. The molecule has 2 saturated heterocycles. The second-order valence-electron chi connectivity index (χ2n) is 14.1. The number of H-pyrrole nitrogens is 2. The van der Waals surface area contributed by atoms with Gasteiger partial charge in [-0.05, 0) is 61.8 Å². The normalized spacial score (nSPS) is 18.9. The molecule has 2 fully saturated rings. The van der Waals surface area contributed by atoms with E-state index in [0.717, 1.165) is 48.2 Å². The van der Waals surface area contributed by atoms with Gasteiger partial charge in [-0.15, -0.1) is 0 Å². The number of carbonyl (C=O) groups is 4. The largest absolute Gasteiger partial charge is 0.453 e. The fourth-order valence-electron chi connectivity index (χ4n) is 7.65. The molecular formula is C42H46N8O6. The summed E-state index contributed by atoms with van der Waals surface area (Å²) in [6.07, 6.45) is 5.39. The summed E-state index contributed by atoms with van der Waals surface area (Å²) in [5.41, 5.74) is 3.98. The number of hydrogen-bond donors (Lipinski definition) is 5. The average molecular weight is 759 g/mol. The molecule has 0 spiro atoms. The van der Waals surface area contributed by atoms with Crippen molar-refractivity contribution in [3.8, 4) is 11.3 Å². The van der Waals surface area contributed by atoms with Crippen molar-refractivity contribution < 1.29 is 28.7 Å². The summed E-state index contributed by atoms with van der Waals surface area (Å²) in [5, 5.41) is 8.58. The van der Waals surface area contributed by atoms with Crippen molar-refractivity contribution in [3.63, 3.8) is 0 Å². The number of amides is 3. The Morgan fingerprint density at radius 1 is 0.875 bits per heavy atom. The number of carbonyl (C=O) groups excluding carboxylic acids is 4. The third kappa shape index (κ3) is 8.05. The lowest BCUT2D eigenvalue weighted by atomic mass is 9.84. The maximum absolute atomic E-state index is 14.3. The number of nitrogens with zero attached hydrogens (tertiary/aromatic N) is 3. The number of nitrogens with one attached hydrogen (secondary N) is 5. The van der Waals surface area contributed by atoms with E-state index < -0.39 is 29.9 Å². The van der Waals surface area contributed by atoms with Gasteiger partial charge in [-0.3, -0.25) is 14.9 Å². The van der Waals surface area contributed by atoms with Gasteiger partial charge < -0.3 is 35.0 Å². The highest BCUT2D eigenvalue weighted by atomic mass is 16.6. The Labute approximate surface area is 324 Å². The predicted molar refractivity (Wildman–Crippen MR) is 207 cm³/mol. The summed E-state index contributed by atoms with van der Waals surface area (Å²) in [6.45, 7) is 1.17. The summed E-state index contributed by atoms with van der Waals surface area (Å²) < 4.78 is 10.4. The Morgan fingerprint density at radius 3 is 2.29 bits per heavy atom. The van der Waals surface area contributed by atoms with E-state index in [-0.39, 0.29) is 17.7 Å². The van der Waals surface area contributed by atoms with E-state index >= 15 is 0 Å². The minimum atomic E-state index is -1.09. The second-order valence-corrected chi connectivity index (χ2v) is 14.1. The van der Waals surface area contributed by atoms with Gasteiger partial charge >= 0.3 is 12.2 Å². The van der Waals surface area contributed by atoms with Crippen molar-refractivity contribution in [2.24, 2.45) is 0 Å². The van der Waals surface area contributed by atoms with Crippen LogP contribution in [0, 0.1) is 0 Å². The third-order valence-electron chi connectivity index (χ3n) is 10.6. The van der Waals surface area contributed by atoms with Crippen molar-refractivity contribution in [1.29, 1.82) is 0 Å². The first-order valence-corrected chi connectivity index (χ1v) is 18.9. The predicted octanol–water partition coefficient (Wildman–Crippen LogP) is 5.59. The van der Waals surface area contributed by atoms with Crippen molar-refractivity contribution in [3.05, 3.63) is 131 Å². The summed E-state index contributed by atoms with van der Waals surface area (Å²) in [6, 6.07) is 25.2. The van der Waals surface area contributed by atoms with E-state index in [4.69, 9.17) is 9.47 Å². The smallest absolute Gasteiger partial charge is 0.408 e. The Morgan fingerprint density at radius 2 is 1.61 bits per heavy atom. The number of ketones is 1. The average Bonchev–Trinajstić information content (AvgIpc) is 4.09. The number of alkyl carbamates (subject to hydrolysis) is 2. The van der Waals surface area contributed by atoms with Gasteiger partial charge in [-0.25, -0.2) is 19.6 Å². The highest BCUT2D eigenvalue weighted by Crippen LogP contribution is 2.36. The molecule has 0 unspecified atom stereocenters. The fourth-order valence-corrected chi connectivity index (χ4v) is 7.65. The van der Waals surface area contributed by atoms with Crippen molar-refractivity contribution >= 4 is 23.9 Å². The van der Waals surface area contributed by atoms with Crippen LogP contribution in [-0.4, -0.2) is 76.0 Å². The molecule has 7 rings (SSSR count). The number of benzene rings is 3. The van der Waals surface area contributed by atoms with E-state index in [1.807, 2.05) is 60.7 Å². The third-order valence-corrected chi connectivity index (χ3v) is 10.6. The minimum absolute atomic E-state index is 0.205. The molecule has 0 radical (unpaired) electrons. The van der Waals surface area contributed by atoms with Crippen LogP contribution in [0.5, 0.6) is 0 Å². The molecule has 0 bridgehead atoms. The molecule has 5 aromatic rings. The molecule has 56 heavy (non-hydrogen) atoms. The van der Waals surface area contributed by atoms with Crippen LogP contribution < -0.4 is 16.0 Å². The van der Waals surface area contributed by atoms with Crippen LogP contribution in [-0.2, 0) is 37.4 Å². The molecule has 5 N–H and O–H groups in total. The Kier molecular flexibility index (Phi) is 11.6. The van der Waals surface area contributed by atoms with Gasteiger partial charge in [-0.1, -0.05) is 84.9 Å². The molecular weight excluding hydrogens is 713 g/mol. The lowest BCUT2D eigenvalue weighted by molar-refractivity contribution is -0.141. The minimum Gasteiger partial charge on any atom is -0.453 e. The van der Waals surface area contributed by atoms with Gasteiger partial charge in [0.25, 0.3) is 5.91 Å². The van der Waals surface area contributed by atoms with Crippen LogP contribution >= 0.6 is 0 Å². The number of Topliss-reactive ketones (excluding diaryl/α,β-unsaturated/α-hetero) is 1. The van der Waals surface area contributed by atoms with Crippen molar-refractivity contribution in [1.82, 2.24) is 40.8 Å². The zero-order valence-electron chi connectivity index (χ0n) is 31.4. The molecule has 2 aromatic heterocycles. The second kappa shape index (κ2) is 17.0. The molecule has 290 valence electrons. The zero-order valence-corrected chi connectivity index (χ0v) is 31.4. The highest BCUT2D eigenvalue weighted by Gasteiger charge is 2.48. The zero-order chi connectivity index (χ0) is 39.1. The Hall–Kier alpha value is -6.28. The first kappa shape index (κ1) is 38.0. The number of hydrogen-bond acceptors (Lipinski definition) is 9. The summed E-state index contributed by atoms with van der Waals surface area (Å²) in [5.74, 6) is 0.719. The molecule has 14 nitrogen and oxygen atoms in total. The number of aryl methyl sites for hydroxylation is 2. The van der Waals surface area contributed by atoms with Crippen molar-refractivity contribution in [2.45, 2.75) is 62.3 Å². The van der Waals surface area contributed by atoms with Crippen LogP contribution in [0.4, 0.5) is 9.59 Å². The van der Waals surface area contributed by atoms with E-state index in [9.17, 15) is 19.2 Å². The number of likely N-dealkylation sites (tertiary alicyclic amines) is 1. The molecule has 0 saturated carbocycles. The van der Waals surface area contributed by atoms with Gasteiger partial charge in [0.15, 0.2) is 5.78 Å². The molecule has 0 aliphatic carbocycles. The molecule has 4 atom stereocenters. The van der Waals surface area contributed by atoms with E-state index in [1.165, 1.54) is 14.2 Å². The monoisotopic (exact) mass is 758 g/mol. The fraction of sp³-hybridized carbons (Fsp3) is 0.333. The van der Waals surface area contributed by atoms with Gasteiger partial charge in [0.1, 0.15) is 23.2 Å². The number of aromatic amines is 2. The van der Waals surface area contributed by atoms with E-state index in [0.29, 0.717) is 48.7 Å². The van der Waals surface area contributed by atoms with Crippen molar-refractivity contribution in [2.75, 3.05) is 27.2 Å². The number of ether oxygens (including phenoxy) is 2. The first-order valence-electron chi connectivity index (χ1n) is 18.9. The molecule has 14 heteroatoms. The number of imidazole rings is 2. The summed E-state index contributed by atoms with van der Waals surface area (Å²) >= 11 is 0. The van der Waals surface area contributed by atoms with E-state index in [2.05, 4.69) is 48.0 Å². The molecule has 2 aliphatic heterocycles. The van der Waals surface area contributed by atoms with Gasteiger partial charge in [0, 0.05) is 31.0 Å². The molecule has 4 heterocycles.